The van der Waals surface area contributed by atoms with Gasteiger partial charge in [0.05, 0.1) is 18.2 Å². The zero-order valence-electron chi connectivity index (χ0n) is 17.3. The highest BCUT2D eigenvalue weighted by atomic mass is 32.2. The first-order valence-corrected chi connectivity index (χ1v) is 11.2. The summed E-state index contributed by atoms with van der Waals surface area (Å²) < 4.78 is 39.2. The van der Waals surface area contributed by atoms with Crippen molar-refractivity contribution in [2.45, 2.75) is 18.7 Å². The van der Waals surface area contributed by atoms with Crippen LogP contribution in [0.5, 0.6) is 5.75 Å². The van der Waals surface area contributed by atoms with Crippen molar-refractivity contribution >= 4 is 15.7 Å². The molecule has 0 atom stereocenters. The largest absolute Gasteiger partial charge is 0.497 e. The number of methoxy groups -OCH3 is 1. The number of oxazole rings is 1. The number of piperazine rings is 1. The van der Waals surface area contributed by atoms with E-state index in [0.29, 0.717) is 53.9 Å². The standard InChI is InChI=1S/C22H25N3O4S/c1-16-7-8-18(21-15-23-17(2)29-21)13-22(16)30(26,27)25-11-9-24(10-12-25)19-5-4-6-20(14-19)28-3/h4-8,13-15H,9-12H2,1-3H3. The third-order valence-electron chi connectivity index (χ3n) is 5.37. The molecular weight excluding hydrogens is 402 g/mol. The van der Waals surface area contributed by atoms with Gasteiger partial charge in [0.25, 0.3) is 0 Å². The molecule has 3 aromatic rings. The van der Waals surface area contributed by atoms with Gasteiger partial charge in [0.1, 0.15) is 5.75 Å². The molecule has 7 nitrogen and oxygen atoms in total. The summed E-state index contributed by atoms with van der Waals surface area (Å²) in [4.78, 5) is 6.59. The zero-order valence-corrected chi connectivity index (χ0v) is 18.1. The van der Waals surface area contributed by atoms with Gasteiger partial charge in [0, 0.05) is 50.4 Å². The summed E-state index contributed by atoms with van der Waals surface area (Å²) in [6.07, 6.45) is 1.61. The Balaban J connectivity index is 1.55. The maximum Gasteiger partial charge on any atom is 0.243 e. The molecule has 1 aliphatic rings. The van der Waals surface area contributed by atoms with Crippen LogP contribution in [0.3, 0.4) is 0 Å². The summed E-state index contributed by atoms with van der Waals surface area (Å²) in [5, 5.41) is 0. The van der Waals surface area contributed by atoms with Gasteiger partial charge in [0.2, 0.25) is 10.0 Å². The first-order valence-electron chi connectivity index (χ1n) is 9.81. The summed E-state index contributed by atoms with van der Waals surface area (Å²) in [6, 6.07) is 13.2. The number of aryl methyl sites for hydroxylation is 2. The topological polar surface area (TPSA) is 75.9 Å². The quantitative estimate of drug-likeness (QED) is 0.621. The normalized spacial score (nSPS) is 15.4. The number of benzene rings is 2. The lowest BCUT2D eigenvalue weighted by molar-refractivity contribution is 0.384. The lowest BCUT2D eigenvalue weighted by atomic mass is 10.1. The number of sulfonamides is 1. The molecule has 0 spiro atoms. The molecule has 158 valence electrons. The van der Waals surface area contributed by atoms with Crippen LogP contribution in [0.4, 0.5) is 5.69 Å². The second-order valence-electron chi connectivity index (χ2n) is 7.32. The van der Waals surface area contributed by atoms with Crippen LogP contribution in [0, 0.1) is 13.8 Å². The summed E-state index contributed by atoms with van der Waals surface area (Å²) in [7, 11) is -1.98. The number of ether oxygens (including phenoxy) is 1. The molecular formula is C22H25N3O4S. The Morgan fingerprint density at radius 1 is 1.03 bits per heavy atom. The van der Waals surface area contributed by atoms with Crippen LogP contribution in [0.15, 0.2) is 58.0 Å². The van der Waals surface area contributed by atoms with E-state index in [1.807, 2.05) is 43.3 Å². The Bertz CT molecular complexity index is 1150. The smallest absolute Gasteiger partial charge is 0.243 e. The number of anilines is 1. The summed E-state index contributed by atoms with van der Waals surface area (Å²) in [5.41, 5.74) is 2.45. The van der Waals surface area contributed by atoms with Gasteiger partial charge in [-0.1, -0.05) is 18.2 Å². The second-order valence-corrected chi connectivity index (χ2v) is 9.22. The number of nitrogens with zero attached hydrogens (tertiary/aromatic N) is 3. The molecule has 0 N–H and O–H groups in total. The molecule has 4 rings (SSSR count). The molecule has 1 fully saturated rings. The highest BCUT2D eigenvalue weighted by Crippen LogP contribution is 2.29. The van der Waals surface area contributed by atoms with Gasteiger partial charge in [-0.3, -0.25) is 0 Å². The van der Waals surface area contributed by atoms with E-state index in [-0.39, 0.29) is 0 Å². The molecule has 1 saturated heterocycles. The molecule has 0 radical (unpaired) electrons. The van der Waals surface area contributed by atoms with Crippen molar-refractivity contribution in [2.24, 2.45) is 0 Å². The minimum Gasteiger partial charge on any atom is -0.497 e. The maximum atomic E-state index is 13.4. The SMILES string of the molecule is COc1cccc(N2CCN(S(=O)(=O)c3cc(-c4cnc(C)o4)ccc3C)CC2)c1. The highest BCUT2D eigenvalue weighted by Gasteiger charge is 2.30. The van der Waals surface area contributed by atoms with Crippen LogP contribution >= 0.6 is 0 Å². The molecule has 0 amide bonds. The van der Waals surface area contributed by atoms with E-state index in [1.54, 1.807) is 30.6 Å². The van der Waals surface area contributed by atoms with Crippen LogP contribution in [-0.4, -0.2) is 51.0 Å². The lowest BCUT2D eigenvalue weighted by Crippen LogP contribution is -2.48. The van der Waals surface area contributed by atoms with Crippen molar-refractivity contribution in [1.82, 2.24) is 9.29 Å². The van der Waals surface area contributed by atoms with Crippen LogP contribution in [-0.2, 0) is 10.0 Å². The van der Waals surface area contributed by atoms with Crippen LogP contribution < -0.4 is 9.64 Å². The van der Waals surface area contributed by atoms with E-state index in [1.165, 1.54) is 0 Å². The maximum absolute atomic E-state index is 13.4. The minimum atomic E-state index is -3.61. The molecule has 0 aliphatic carbocycles. The fourth-order valence-corrected chi connectivity index (χ4v) is 5.33. The lowest BCUT2D eigenvalue weighted by Gasteiger charge is -2.35. The predicted octanol–water partition coefficient (Wildman–Crippen LogP) is 3.48. The number of hydrogen-bond acceptors (Lipinski definition) is 6. The average molecular weight is 428 g/mol. The van der Waals surface area contributed by atoms with Crippen molar-refractivity contribution in [2.75, 3.05) is 38.2 Å². The van der Waals surface area contributed by atoms with Crippen molar-refractivity contribution in [3.63, 3.8) is 0 Å². The molecule has 2 heterocycles. The Morgan fingerprint density at radius 2 is 1.80 bits per heavy atom. The molecule has 1 aromatic heterocycles. The second kappa shape index (κ2) is 8.12. The van der Waals surface area contributed by atoms with Gasteiger partial charge in [-0.05, 0) is 30.7 Å². The molecule has 1 aliphatic heterocycles. The third-order valence-corrected chi connectivity index (χ3v) is 7.41. The van der Waals surface area contributed by atoms with E-state index in [9.17, 15) is 8.42 Å². The fraction of sp³-hybridized carbons (Fsp3) is 0.318. The van der Waals surface area contributed by atoms with Gasteiger partial charge < -0.3 is 14.1 Å². The number of hydrogen-bond donors (Lipinski definition) is 0. The zero-order chi connectivity index (χ0) is 21.3. The molecule has 0 saturated carbocycles. The molecule has 0 unspecified atom stereocenters. The Labute approximate surface area is 177 Å². The van der Waals surface area contributed by atoms with E-state index >= 15 is 0 Å². The van der Waals surface area contributed by atoms with Crippen LogP contribution in [0.25, 0.3) is 11.3 Å². The summed E-state index contributed by atoms with van der Waals surface area (Å²) in [6.45, 7) is 5.65. The number of rotatable bonds is 5. The Hall–Kier alpha value is -2.84. The van der Waals surface area contributed by atoms with Gasteiger partial charge in [-0.15, -0.1) is 0 Å². The van der Waals surface area contributed by atoms with E-state index in [2.05, 4.69) is 9.88 Å². The minimum absolute atomic E-state index is 0.309. The molecule has 0 bridgehead atoms. The van der Waals surface area contributed by atoms with Crippen LogP contribution in [0.2, 0.25) is 0 Å². The van der Waals surface area contributed by atoms with Gasteiger partial charge >= 0.3 is 0 Å². The number of aromatic nitrogens is 1. The van der Waals surface area contributed by atoms with E-state index in [0.717, 1.165) is 11.4 Å². The van der Waals surface area contributed by atoms with Crippen molar-refractivity contribution in [1.29, 1.82) is 0 Å². The van der Waals surface area contributed by atoms with Crippen LogP contribution in [0.1, 0.15) is 11.5 Å². The first-order chi connectivity index (χ1) is 14.4. The molecule has 8 heteroatoms. The first kappa shape index (κ1) is 20.4. The molecule has 30 heavy (non-hydrogen) atoms. The fourth-order valence-electron chi connectivity index (χ4n) is 3.66. The average Bonchev–Trinajstić information content (AvgIpc) is 3.20. The Kier molecular flexibility index (Phi) is 5.53. The van der Waals surface area contributed by atoms with Crippen molar-refractivity contribution < 1.29 is 17.6 Å². The van der Waals surface area contributed by atoms with E-state index in [4.69, 9.17) is 9.15 Å². The highest BCUT2D eigenvalue weighted by molar-refractivity contribution is 7.89. The third kappa shape index (κ3) is 3.93. The van der Waals surface area contributed by atoms with E-state index < -0.39 is 10.0 Å². The molecule has 2 aromatic carbocycles. The Morgan fingerprint density at radius 3 is 2.47 bits per heavy atom. The van der Waals surface area contributed by atoms with Gasteiger partial charge in [-0.2, -0.15) is 4.31 Å². The van der Waals surface area contributed by atoms with Gasteiger partial charge in [0.15, 0.2) is 11.7 Å². The predicted molar refractivity (Wildman–Crippen MR) is 115 cm³/mol. The summed E-state index contributed by atoms with van der Waals surface area (Å²) in [5.74, 6) is 1.90. The van der Waals surface area contributed by atoms with Gasteiger partial charge in [-0.25, -0.2) is 13.4 Å². The summed E-state index contributed by atoms with van der Waals surface area (Å²) >= 11 is 0. The van der Waals surface area contributed by atoms with Crippen molar-refractivity contribution in [3.05, 3.63) is 60.1 Å². The monoisotopic (exact) mass is 427 g/mol. The van der Waals surface area contributed by atoms with Crippen molar-refractivity contribution in [3.8, 4) is 17.1 Å².